The molecule has 0 aromatic carbocycles. The maximum absolute atomic E-state index is 11.8. The molecule has 1 amide bonds. The highest BCUT2D eigenvalue weighted by molar-refractivity contribution is 7.99. The van der Waals surface area contributed by atoms with Crippen molar-refractivity contribution in [2.45, 2.75) is 18.5 Å². The number of likely N-dealkylation sites (tertiary alicyclic amines) is 1. The third kappa shape index (κ3) is 1.98. The molecule has 2 aliphatic rings. The van der Waals surface area contributed by atoms with Crippen LogP contribution in [-0.2, 0) is 4.79 Å². The molecular formula is C8H15N3OS. The lowest BCUT2D eigenvalue weighted by Crippen LogP contribution is -2.44. The molecule has 0 aromatic heterocycles. The summed E-state index contributed by atoms with van der Waals surface area (Å²) in [5, 5.41) is 3.18. The number of carbonyl (C=O) groups excluding carboxylic acids is 1. The molecule has 2 rings (SSSR count). The van der Waals surface area contributed by atoms with Gasteiger partial charge in [-0.3, -0.25) is 10.1 Å². The fourth-order valence-corrected chi connectivity index (χ4v) is 2.69. The third-order valence-corrected chi connectivity index (χ3v) is 3.49. The highest BCUT2D eigenvalue weighted by atomic mass is 32.2. The van der Waals surface area contributed by atoms with Crippen LogP contribution in [0.4, 0.5) is 0 Å². The number of nitrogens with two attached hydrogens (primary N) is 1. The van der Waals surface area contributed by atoms with E-state index in [4.69, 9.17) is 5.73 Å². The van der Waals surface area contributed by atoms with Crippen molar-refractivity contribution in [1.82, 2.24) is 10.2 Å². The summed E-state index contributed by atoms with van der Waals surface area (Å²) in [6.07, 6.45) is 0.950. The molecule has 0 radical (unpaired) electrons. The Morgan fingerprint density at radius 3 is 3.00 bits per heavy atom. The van der Waals surface area contributed by atoms with Crippen LogP contribution in [0.3, 0.4) is 0 Å². The summed E-state index contributed by atoms with van der Waals surface area (Å²) in [5.41, 5.74) is 5.74. The van der Waals surface area contributed by atoms with E-state index in [1.807, 2.05) is 4.90 Å². The highest BCUT2D eigenvalue weighted by Gasteiger charge is 2.30. The average Bonchev–Trinajstić information content (AvgIpc) is 2.72. The van der Waals surface area contributed by atoms with Crippen LogP contribution in [0.2, 0.25) is 0 Å². The molecule has 0 saturated carbocycles. The van der Waals surface area contributed by atoms with Crippen LogP contribution in [-0.4, -0.2) is 47.6 Å². The second-order valence-electron chi connectivity index (χ2n) is 3.60. The van der Waals surface area contributed by atoms with Crippen LogP contribution in [0, 0.1) is 0 Å². The lowest BCUT2D eigenvalue weighted by molar-refractivity contribution is -0.131. The van der Waals surface area contributed by atoms with Gasteiger partial charge < -0.3 is 10.6 Å². The molecule has 0 unspecified atom stereocenters. The number of carbonyl (C=O) groups is 1. The monoisotopic (exact) mass is 201 g/mol. The Morgan fingerprint density at radius 2 is 2.46 bits per heavy atom. The summed E-state index contributed by atoms with van der Waals surface area (Å²) in [4.78, 5) is 13.7. The first kappa shape index (κ1) is 9.30. The quantitative estimate of drug-likeness (QED) is 0.583. The summed E-state index contributed by atoms with van der Waals surface area (Å²) in [6.45, 7) is 1.57. The van der Waals surface area contributed by atoms with Crippen LogP contribution in [0.5, 0.6) is 0 Å². The Bertz CT molecular complexity index is 206. The van der Waals surface area contributed by atoms with Crippen molar-refractivity contribution in [1.29, 1.82) is 0 Å². The van der Waals surface area contributed by atoms with Gasteiger partial charge in [0.15, 0.2) is 0 Å². The van der Waals surface area contributed by atoms with E-state index in [9.17, 15) is 4.79 Å². The zero-order chi connectivity index (χ0) is 9.26. The molecule has 4 nitrogen and oxygen atoms in total. The van der Waals surface area contributed by atoms with E-state index >= 15 is 0 Å². The van der Waals surface area contributed by atoms with E-state index in [-0.39, 0.29) is 18.0 Å². The Kier molecular flexibility index (Phi) is 2.76. The summed E-state index contributed by atoms with van der Waals surface area (Å²) >= 11 is 1.78. The molecule has 2 aliphatic heterocycles. The topological polar surface area (TPSA) is 58.4 Å². The summed E-state index contributed by atoms with van der Waals surface area (Å²) in [6, 6.07) is 0.230. The van der Waals surface area contributed by atoms with Crippen LogP contribution < -0.4 is 11.1 Å². The van der Waals surface area contributed by atoms with Gasteiger partial charge in [0.2, 0.25) is 5.91 Å². The minimum atomic E-state index is 0.0373. The molecule has 3 N–H and O–H groups in total. The Balaban J connectivity index is 1.89. The molecule has 0 aliphatic carbocycles. The minimum Gasteiger partial charge on any atom is -0.340 e. The van der Waals surface area contributed by atoms with Gasteiger partial charge in [-0.25, -0.2) is 0 Å². The molecule has 74 valence electrons. The first-order valence-electron chi connectivity index (χ1n) is 4.63. The van der Waals surface area contributed by atoms with Gasteiger partial charge in [-0.05, 0) is 6.42 Å². The smallest absolute Gasteiger partial charge is 0.240 e. The van der Waals surface area contributed by atoms with Crippen molar-refractivity contribution in [3.05, 3.63) is 0 Å². The van der Waals surface area contributed by atoms with Crippen LogP contribution >= 0.6 is 11.8 Å². The van der Waals surface area contributed by atoms with Gasteiger partial charge in [0.05, 0.1) is 6.04 Å². The number of thioether (sulfide) groups is 1. The number of nitrogens with one attached hydrogen (secondary N) is 1. The number of amides is 1. The Morgan fingerprint density at radius 1 is 1.62 bits per heavy atom. The predicted octanol–water partition coefficient (Wildman–Crippen LogP) is -0.791. The van der Waals surface area contributed by atoms with Crippen LogP contribution in [0.25, 0.3) is 0 Å². The van der Waals surface area contributed by atoms with E-state index < -0.39 is 0 Å². The van der Waals surface area contributed by atoms with Gasteiger partial charge >= 0.3 is 0 Å². The molecule has 13 heavy (non-hydrogen) atoms. The van der Waals surface area contributed by atoms with Crippen molar-refractivity contribution >= 4 is 17.7 Å². The highest BCUT2D eigenvalue weighted by Crippen LogP contribution is 2.15. The lowest BCUT2D eigenvalue weighted by atomic mass is 10.3. The normalized spacial score (nSPS) is 34.1. The Labute approximate surface area is 82.2 Å². The largest absolute Gasteiger partial charge is 0.340 e. The van der Waals surface area contributed by atoms with E-state index in [0.29, 0.717) is 0 Å². The molecule has 2 atom stereocenters. The van der Waals surface area contributed by atoms with Crippen molar-refractivity contribution in [3.63, 3.8) is 0 Å². The first-order valence-corrected chi connectivity index (χ1v) is 5.78. The number of hydrogen-bond donors (Lipinski definition) is 2. The maximum atomic E-state index is 11.8. The lowest BCUT2D eigenvalue weighted by Gasteiger charge is -2.19. The average molecular weight is 201 g/mol. The predicted molar refractivity (Wildman–Crippen MR) is 53.4 cm³/mol. The summed E-state index contributed by atoms with van der Waals surface area (Å²) < 4.78 is 0. The first-order chi connectivity index (χ1) is 6.27. The van der Waals surface area contributed by atoms with Crippen LogP contribution in [0.15, 0.2) is 0 Å². The van der Waals surface area contributed by atoms with Crippen molar-refractivity contribution in [3.8, 4) is 0 Å². The van der Waals surface area contributed by atoms with E-state index in [1.165, 1.54) is 0 Å². The standard InChI is InChI=1S/C8H15N3OS/c9-6-1-2-11(3-6)8(12)7-4-13-5-10-7/h6-7,10H,1-5,9H2/t6-,7+/m0/s1. The van der Waals surface area contributed by atoms with Crippen molar-refractivity contribution < 1.29 is 4.79 Å². The zero-order valence-electron chi connectivity index (χ0n) is 7.53. The minimum absolute atomic E-state index is 0.0373. The molecule has 2 heterocycles. The molecular weight excluding hydrogens is 186 g/mol. The van der Waals surface area contributed by atoms with Gasteiger partial charge in [-0.2, -0.15) is 0 Å². The van der Waals surface area contributed by atoms with Gasteiger partial charge in [0.1, 0.15) is 0 Å². The number of nitrogens with zero attached hydrogens (tertiary/aromatic N) is 1. The molecule has 0 spiro atoms. The second kappa shape index (κ2) is 3.86. The van der Waals surface area contributed by atoms with Crippen molar-refractivity contribution in [2.24, 2.45) is 5.73 Å². The Hall–Kier alpha value is -0.260. The fraction of sp³-hybridized carbons (Fsp3) is 0.875. The van der Waals surface area contributed by atoms with E-state index in [1.54, 1.807) is 11.8 Å². The molecule has 0 bridgehead atoms. The number of rotatable bonds is 1. The maximum Gasteiger partial charge on any atom is 0.240 e. The zero-order valence-corrected chi connectivity index (χ0v) is 8.35. The SMILES string of the molecule is N[C@H]1CCN(C(=O)[C@H]2CSCN2)C1. The summed E-state index contributed by atoms with van der Waals surface area (Å²) in [5.74, 6) is 2.04. The fourth-order valence-electron chi connectivity index (χ4n) is 1.76. The van der Waals surface area contributed by atoms with E-state index in [0.717, 1.165) is 31.1 Å². The number of hydrogen-bond acceptors (Lipinski definition) is 4. The van der Waals surface area contributed by atoms with Crippen LogP contribution in [0.1, 0.15) is 6.42 Å². The summed E-state index contributed by atoms with van der Waals surface area (Å²) in [7, 11) is 0. The molecule has 2 fully saturated rings. The van der Waals surface area contributed by atoms with Gasteiger partial charge in [0.25, 0.3) is 0 Å². The van der Waals surface area contributed by atoms with E-state index in [2.05, 4.69) is 5.32 Å². The van der Waals surface area contributed by atoms with Crippen molar-refractivity contribution in [2.75, 3.05) is 24.7 Å². The molecule has 0 aromatic rings. The molecule has 2 saturated heterocycles. The molecule has 5 heteroatoms. The van der Waals surface area contributed by atoms with Gasteiger partial charge in [-0.15, -0.1) is 11.8 Å². The van der Waals surface area contributed by atoms with Gasteiger partial charge in [-0.1, -0.05) is 0 Å². The third-order valence-electron chi connectivity index (χ3n) is 2.55. The second-order valence-corrected chi connectivity index (χ2v) is 4.64. The van der Waals surface area contributed by atoms with Gasteiger partial charge in [0, 0.05) is 30.8 Å².